The molecule has 3 nitrogen and oxygen atoms in total. The van der Waals surface area contributed by atoms with E-state index >= 15 is 0 Å². The van der Waals surface area contributed by atoms with Gasteiger partial charge in [0, 0.05) is 5.41 Å². The fourth-order valence-corrected chi connectivity index (χ4v) is 4.18. The van der Waals surface area contributed by atoms with Crippen LogP contribution in [0.4, 0.5) is 0 Å². The first-order valence-electron chi connectivity index (χ1n) is 6.54. The molecule has 3 rings (SSSR count). The Kier molecular flexibility index (Phi) is 2.22. The highest BCUT2D eigenvalue weighted by molar-refractivity contribution is 5.72. The summed E-state index contributed by atoms with van der Waals surface area (Å²) in [6.07, 6.45) is 5.23. The van der Waals surface area contributed by atoms with Crippen molar-refractivity contribution in [1.29, 1.82) is 0 Å². The van der Waals surface area contributed by atoms with Crippen molar-refractivity contribution >= 4 is 5.97 Å². The standard InChI is InChI=1S/C14H20O3/c1-3-14(7-17-8-14)11-4-9-5-13(11,2)6-10(9)12(15)16/h4,9-10H,3,5-8H2,1-2H3,(H,15,16). The summed E-state index contributed by atoms with van der Waals surface area (Å²) >= 11 is 0. The van der Waals surface area contributed by atoms with Gasteiger partial charge in [0.2, 0.25) is 0 Å². The minimum Gasteiger partial charge on any atom is -0.481 e. The van der Waals surface area contributed by atoms with Crippen LogP contribution in [0, 0.1) is 22.7 Å². The highest BCUT2D eigenvalue weighted by Gasteiger charge is 2.57. The van der Waals surface area contributed by atoms with Crippen LogP contribution in [0.1, 0.15) is 33.1 Å². The number of carboxylic acid groups (broad SMARTS) is 1. The number of fused-ring (bicyclic) bond motifs is 2. The van der Waals surface area contributed by atoms with Gasteiger partial charge in [-0.1, -0.05) is 25.5 Å². The van der Waals surface area contributed by atoms with Gasteiger partial charge in [-0.05, 0) is 30.6 Å². The number of hydrogen-bond acceptors (Lipinski definition) is 2. The number of carboxylic acids is 1. The van der Waals surface area contributed by atoms with Crippen molar-refractivity contribution in [3.8, 4) is 0 Å². The molecule has 3 heteroatoms. The van der Waals surface area contributed by atoms with E-state index in [2.05, 4.69) is 19.9 Å². The fraction of sp³-hybridized carbons (Fsp3) is 0.786. The van der Waals surface area contributed by atoms with Crippen molar-refractivity contribution in [3.05, 3.63) is 11.6 Å². The van der Waals surface area contributed by atoms with Crippen LogP contribution < -0.4 is 0 Å². The zero-order valence-corrected chi connectivity index (χ0v) is 10.5. The summed E-state index contributed by atoms with van der Waals surface area (Å²) in [6.45, 7) is 6.12. The van der Waals surface area contributed by atoms with Crippen molar-refractivity contribution in [2.45, 2.75) is 33.1 Å². The predicted molar refractivity (Wildman–Crippen MR) is 63.6 cm³/mol. The highest BCUT2D eigenvalue weighted by atomic mass is 16.5. The quantitative estimate of drug-likeness (QED) is 0.766. The van der Waals surface area contributed by atoms with Crippen LogP contribution in [-0.4, -0.2) is 24.3 Å². The third kappa shape index (κ3) is 1.35. The molecular weight excluding hydrogens is 216 g/mol. The lowest BCUT2D eigenvalue weighted by molar-refractivity contribution is -0.143. The van der Waals surface area contributed by atoms with E-state index in [9.17, 15) is 9.90 Å². The Labute approximate surface area is 102 Å². The molecule has 1 heterocycles. The molecule has 2 bridgehead atoms. The number of hydrogen-bond donors (Lipinski definition) is 1. The second kappa shape index (κ2) is 3.35. The van der Waals surface area contributed by atoms with Gasteiger partial charge in [-0.25, -0.2) is 0 Å². The van der Waals surface area contributed by atoms with E-state index in [1.54, 1.807) is 0 Å². The van der Waals surface area contributed by atoms with Crippen LogP contribution in [0.5, 0.6) is 0 Å². The largest absolute Gasteiger partial charge is 0.481 e. The minimum absolute atomic E-state index is 0.119. The Morgan fingerprint density at radius 2 is 2.24 bits per heavy atom. The van der Waals surface area contributed by atoms with E-state index in [4.69, 9.17) is 4.74 Å². The van der Waals surface area contributed by atoms with Crippen molar-refractivity contribution in [2.24, 2.45) is 22.7 Å². The molecule has 0 radical (unpaired) electrons. The third-order valence-electron chi connectivity index (χ3n) is 5.23. The topological polar surface area (TPSA) is 46.5 Å². The molecule has 0 aromatic heterocycles. The summed E-state index contributed by atoms with van der Waals surface area (Å²) in [4.78, 5) is 11.2. The van der Waals surface area contributed by atoms with Crippen molar-refractivity contribution in [1.82, 2.24) is 0 Å². The molecule has 1 saturated heterocycles. The van der Waals surface area contributed by atoms with Crippen molar-refractivity contribution in [2.75, 3.05) is 13.2 Å². The van der Waals surface area contributed by atoms with Crippen LogP contribution in [0.15, 0.2) is 11.6 Å². The molecule has 17 heavy (non-hydrogen) atoms. The molecule has 1 aliphatic heterocycles. The Bertz CT molecular complexity index is 389. The Balaban J connectivity index is 1.92. The first-order chi connectivity index (χ1) is 8.01. The molecule has 3 atom stereocenters. The van der Waals surface area contributed by atoms with Gasteiger partial charge in [0.25, 0.3) is 0 Å². The van der Waals surface area contributed by atoms with Crippen LogP contribution >= 0.6 is 0 Å². The highest BCUT2D eigenvalue weighted by Crippen LogP contribution is 2.62. The van der Waals surface area contributed by atoms with Gasteiger partial charge in [-0.2, -0.15) is 0 Å². The Morgan fingerprint density at radius 3 is 2.59 bits per heavy atom. The van der Waals surface area contributed by atoms with E-state index in [1.165, 1.54) is 5.57 Å². The number of allylic oxidation sites excluding steroid dienone is 1. The minimum atomic E-state index is -0.621. The second-order valence-corrected chi connectivity index (χ2v) is 6.28. The van der Waals surface area contributed by atoms with Gasteiger partial charge >= 0.3 is 5.97 Å². The second-order valence-electron chi connectivity index (χ2n) is 6.28. The van der Waals surface area contributed by atoms with Gasteiger partial charge in [-0.15, -0.1) is 0 Å². The smallest absolute Gasteiger partial charge is 0.307 e. The third-order valence-corrected chi connectivity index (χ3v) is 5.23. The maximum Gasteiger partial charge on any atom is 0.307 e. The van der Waals surface area contributed by atoms with Gasteiger partial charge in [0.15, 0.2) is 0 Å². The van der Waals surface area contributed by atoms with Crippen molar-refractivity contribution in [3.63, 3.8) is 0 Å². The molecule has 1 saturated carbocycles. The molecular formula is C14H20O3. The first kappa shape index (κ1) is 11.3. The maximum absolute atomic E-state index is 11.2. The van der Waals surface area contributed by atoms with E-state index < -0.39 is 5.97 Å². The lowest BCUT2D eigenvalue weighted by Crippen LogP contribution is -2.47. The fourth-order valence-electron chi connectivity index (χ4n) is 4.18. The van der Waals surface area contributed by atoms with E-state index in [1.807, 2.05) is 0 Å². The molecule has 0 aromatic rings. The Hall–Kier alpha value is -0.830. The molecule has 2 aliphatic carbocycles. The summed E-state index contributed by atoms with van der Waals surface area (Å²) < 4.78 is 5.41. The molecule has 2 fully saturated rings. The molecule has 0 aromatic carbocycles. The molecule has 1 N–H and O–H groups in total. The van der Waals surface area contributed by atoms with E-state index in [0.29, 0.717) is 0 Å². The summed E-state index contributed by atoms with van der Waals surface area (Å²) in [5, 5.41) is 9.21. The van der Waals surface area contributed by atoms with Crippen LogP contribution in [0.25, 0.3) is 0 Å². The van der Waals surface area contributed by atoms with Crippen LogP contribution in [0.2, 0.25) is 0 Å². The zero-order chi connectivity index (χ0) is 12.3. The average Bonchev–Trinajstić information content (AvgIpc) is 2.70. The van der Waals surface area contributed by atoms with Crippen LogP contribution in [0.3, 0.4) is 0 Å². The van der Waals surface area contributed by atoms with Gasteiger partial charge in [0.05, 0.1) is 19.1 Å². The molecule has 3 unspecified atom stereocenters. The van der Waals surface area contributed by atoms with Crippen molar-refractivity contribution < 1.29 is 14.6 Å². The lowest BCUT2D eigenvalue weighted by Gasteiger charge is -2.48. The molecule has 0 spiro atoms. The number of carbonyl (C=O) groups is 1. The lowest BCUT2D eigenvalue weighted by atomic mass is 9.64. The molecule has 3 aliphatic rings. The Morgan fingerprint density at radius 1 is 1.53 bits per heavy atom. The average molecular weight is 236 g/mol. The van der Waals surface area contributed by atoms with Gasteiger partial charge in [-0.3, -0.25) is 4.79 Å². The summed E-state index contributed by atoms with van der Waals surface area (Å²) in [5.74, 6) is -0.514. The predicted octanol–water partition coefficient (Wildman–Crippen LogP) is 2.47. The van der Waals surface area contributed by atoms with Gasteiger partial charge in [0.1, 0.15) is 0 Å². The molecule has 0 amide bonds. The summed E-state index contributed by atoms with van der Waals surface area (Å²) in [6, 6.07) is 0. The SMILES string of the molecule is CCC1(C2=CC3CC2(C)CC3C(=O)O)COC1. The molecule has 94 valence electrons. The maximum atomic E-state index is 11.2. The first-order valence-corrected chi connectivity index (χ1v) is 6.54. The zero-order valence-electron chi connectivity index (χ0n) is 10.5. The normalized spacial score (nSPS) is 42.1. The van der Waals surface area contributed by atoms with E-state index in [0.717, 1.165) is 32.5 Å². The van der Waals surface area contributed by atoms with Crippen LogP contribution in [-0.2, 0) is 9.53 Å². The van der Waals surface area contributed by atoms with E-state index in [-0.39, 0.29) is 22.7 Å². The summed E-state index contributed by atoms with van der Waals surface area (Å²) in [7, 11) is 0. The number of ether oxygens (including phenoxy) is 1. The number of aliphatic carboxylic acids is 1. The summed E-state index contributed by atoms with van der Waals surface area (Å²) in [5.41, 5.74) is 1.85. The van der Waals surface area contributed by atoms with Gasteiger partial charge < -0.3 is 9.84 Å². The number of rotatable bonds is 3. The monoisotopic (exact) mass is 236 g/mol.